The average molecular weight is 370 g/mol. The molecule has 0 aliphatic carbocycles. The van der Waals surface area contributed by atoms with Crippen molar-refractivity contribution in [3.63, 3.8) is 0 Å². The fraction of sp³-hybridized carbons (Fsp3) is 0.0588. The SMILES string of the molecule is Cc1[nH]c2ccccc2c1/C=N/NS(=O)(=O)c1ccc2[nH]c(=O)oc2c1. The van der Waals surface area contributed by atoms with Gasteiger partial charge in [-0.25, -0.2) is 9.63 Å². The number of fused-ring (bicyclic) bond motifs is 2. The van der Waals surface area contributed by atoms with E-state index in [9.17, 15) is 13.2 Å². The second-order valence-electron chi connectivity index (χ2n) is 5.73. The number of hydrogen-bond acceptors (Lipinski definition) is 5. The highest BCUT2D eigenvalue weighted by Gasteiger charge is 2.15. The van der Waals surface area contributed by atoms with E-state index in [1.807, 2.05) is 31.2 Å². The van der Waals surface area contributed by atoms with Gasteiger partial charge in [0.25, 0.3) is 10.0 Å². The third-order valence-electron chi connectivity index (χ3n) is 4.01. The molecule has 4 rings (SSSR count). The second kappa shape index (κ2) is 5.88. The topological polar surface area (TPSA) is 120 Å². The van der Waals surface area contributed by atoms with Crippen molar-refractivity contribution in [2.45, 2.75) is 11.8 Å². The number of aromatic nitrogens is 2. The molecular weight excluding hydrogens is 356 g/mol. The van der Waals surface area contributed by atoms with Crippen molar-refractivity contribution in [3.05, 3.63) is 64.3 Å². The Morgan fingerprint density at radius 2 is 1.92 bits per heavy atom. The number of aryl methyl sites for hydroxylation is 1. The lowest BCUT2D eigenvalue weighted by molar-refractivity contribution is 0.553. The summed E-state index contributed by atoms with van der Waals surface area (Å²) in [5.41, 5.74) is 3.21. The molecule has 2 aromatic carbocycles. The summed E-state index contributed by atoms with van der Waals surface area (Å²) in [7, 11) is -3.90. The molecule has 0 saturated heterocycles. The summed E-state index contributed by atoms with van der Waals surface area (Å²) in [6, 6.07) is 11.8. The maximum Gasteiger partial charge on any atom is 0.417 e. The molecular formula is C17H14N4O4S. The van der Waals surface area contributed by atoms with E-state index in [0.29, 0.717) is 5.52 Å². The van der Waals surface area contributed by atoms with Crippen LogP contribution in [0.5, 0.6) is 0 Å². The lowest BCUT2D eigenvalue weighted by Crippen LogP contribution is -2.18. The zero-order valence-corrected chi connectivity index (χ0v) is 14.4. The van der Waals surface area contributed by atoms with Crippen LogP contribution in [0.1, 0.15) is 11.3 Å². The van der Waals surface area contributed by atoms with E-state index in [1.54, 1.807) is 0 Å². The van der Waals surface area contributed by atoms with Gasteiger partial charge in [0.05, 0.1) is 16.6 Å². The van der Waals surface area contributed by atoms with Gasteiger partial charge in [0.2, 0.25) is 0 Å². The van der Waals surface area contributed by atoms with E-state index in [2.05, 4.69) is 19.9 Å². The maximum atomic E-state index is 12.4. The van der Waals surface area contributed by atoms with Crippen molar-refractivity contribution in [1.29, 1.82) is 0 Å². The molecule has 0 aliphatic rings. The molecule has 9 heteroatoms. The number of nitrogens with one attached hydrogen (secondary N) is 3. The van der Waals surface area contributed by atoms with E-state index >= 15 is 0 Å². The van der Waals surface area contributed by atoms with Crippen LogP contribution in [0, 0.1) is 6.92 Å². The number of aromatic amines is 2. The number of oxazole rings is 1. The van der Waals surface area contributed by atoms with E-state index < -0.39 is 15.8 Å². The predicted octanol–water partition coefficient (Wildman–Crippen LogP) is 2.22. The highest BCUT2D eigenvalue weighted by molar-refractivity contribution is 7.89. The number of rotatable bonds is 4. The van der Waals surface area contributed by atoms with Gasteiger partial charge in [-0.15, -0.1) is 0 Å². The molecule has 132 valence electrons. The van der Waals surface area contributed by atoms with Gasteiger partial charge >= 0.3 is 5.76 Å². The molecule has 0 bridgehead atoms. The van der Waals surface area contributed by atoms with E-state index in [0.717, 1.165) is 22.2 Å². The van der Waals surface area contributed by atoms with Crippen molar-refractivity contribution < 1.29 is 12.8 Å². The quantitative estimate of drug-likeness (QED) is 0.377. The second-order valence-corrected chi connectivity index (χ2v) is 7.40. The van der Waals surface area contributed by atoms with Crippen LogP contribution in [0.25, 0.3) is 22.0 Å². The summed E-state index contributed by atoms with van der Waals surface area (Å²) in [4.78, 5) is 19.0. The molecule has 0 atom stereocenters. The molecule has 2 heterocycles. The van der Waals surface area contributed by atoms with Crippen LogP contribution in [-0.4, -0.2) is 24.6 Å². The largest absolute Gasteiger partial charge is 0.417 e. The summed E-state index contributed by atoms with van der Waals surface area (Å²) >= 11 is 0. The first-order valence-corrected chi connectivity index (χ1v) is 9.17. The predicted molar refractivity (Wildman–Crippen MR) is 97.8 cm³/mol. The Kier molecular flexibility index (Phi) is 3.66. The summed E-state index contributed by atoms with van der Waals surface area (Å²) in [5.74, 6) is -0.643. The van der Waals surface area contributed by atoms with Crippen LogP contribution in [0.4, 0.5) is 0 Å². The number of nitrogens with zero attached hydrogens (tertiary/aromatic N) is 1. The van der Waals surface area contributed by atoms with E-state index in [-0.39, 0.29) is 10.5 Å². The van der Waals surface area contributed by atoms with E-state index in [4.69, 9.17) is 4.42 Å². The van der Waals surface area contributed by atoms with E-state index in [1.165, 1.54) is 24.4 Å². The third-order valence-corrected chi connectivity index (χ3v) is 5.23. The molecule has 0 spiro atoms. The first-order chi connectivity index (χ1) is 12.4. The van der Waals surface area contributed by atoms with Gasteiger partial charge < -0.3 is 9.40 Å². The first-order valence-electron chi connectivity index (χ1n) is 7.69. The molecule has 8 nitrogen and oxygen atoms in total. The van der Waals surface area contributed by atoms with Crippen molar-refractivity contribution in [3.8, 4) is 0 Å². The summed E-state index contributed by atoms with van der Waals surface area (Å²) in [6.07, 6.45) is 1.46. The van der Waals surface area contributed by atoms with Gasteiger partial charge in [-0.05, 0) is 25.1 Å². The lowest BCUT2D eigenvalue weighted by atomic mass is 10.1. The molecule has 2 aromatic heterocycles. The van der Waals surface area contributed by atoms with Crippen molar-refractivity contribution in [2.75, 3.05) is 0 Å². The first kappa shape index (κ1) is 16.2. The molecule has 0 radical (unpaired) electrons. The monoisotopic (exact) mass is 370 g/mol. The third kappa shape index (κ3) is 2.78. The normalized spacial score (nSPS) is 12.3. The van der Waals surface area contributed by atoms with Crippen LogP contribution in [0.3, 0.4) is 0 Å². The van der Waals surface area contributed by atoms with Crippen molar-refractivity contribution in [1.82, 2.24) is 14.8 Å². The Morgan fingerprint density at radius 3 is 2.77 bits per heavy atom. The standard InChI is InChI=1S/C17H14N4O4S/c1-10-13(12-4-2-3-5-14(12)19-10)9-18-21-26(23,24)11-6-7-15-16(8-11)25-17(22)20-15/h2-9,19,21H,1H3,(H,20,22)/b18-9+. The Balaban J connectivity index is 1.63. The molecule has 4 aromatic rings. The minimum atomic E-state index is -3.90. The van der Waals surface area contributed by atoms with Gasteiger partial charge in [0.15, 0.2) is 5.58 Å². The minimum Gasteiger partial charge on any atom is -0.408 e. The molecule has 0 aliphatic heterocycles. The van der Waals surface area contributed by atoms with Crippen LogP contribution >= 0.6 is 0 Å². The minimum absolute atomic E-state index is 0.0550. The summed E-state index contributed by atoms with van der Waals surface area (Å²) in [6.45, 7) is 1.89. The van der Waals surface area contributed by atoms with Crippen molar-refractivity contribution in [2.24, 2.45) is 5.10 Å². The molecule has 0 amide bonds. The van der Waals surface area contributed by atoms with Gasteiger partial charge in [0.1, 0.15) is 0 Å². The Hall–Kier alpha value is -3.33. The smallest absolute Gasteiger partial charge is 0.408 e. The number of para-hydroxylation sites is 1. The number of sulfonamides is 1. The number of H-pyrrole nitrogens is 2. The molecule has 0 fully saturated rings. The van der Waals surface area contributed by atoms with Gasteiger partial charge in [-0.2, -0.15) is 13.5 Å². The van der Waals surface area contributed by atoms with Crippen LogP contribution in [-0.2, 0) is 10.0 Å². The fourth-order valence-corrected chi connectivity index (χ4v) is 3.58. The number of hydrazone groups is 1. The summed E-state index contributed by atoms with van der Waals surface area (Å²) in [5, 5.41) is 4.82. The van der Waals surface area contributed by atoms with Crippen LogP contribution in [0.2, 0.25) is 0 Å². The average Bonchev–Trinajstić information content (AvgIpc) is 3.13. The highest BCUT2D eigenvalue weighted by atomic mass is 32.2. The summed E-state index contributed by atoms with van der Waals surface area (Å²) < 4.78 is 29.7. The zero-order chi connectivity index (χ0) is 18.3. The number of hydrogen-bond donors (Lipinski definition) is 3. The Labute approximate surface area is 147 Å². The Morgan fingerprint density at radius 1 is 1.12 bits per heavy atom. The molecule has 26 heavy (non-hydrogen) atoms. The van der Waals surface area contributed by atoms with Crippen LogP contribution in [0.15, 0.2) is 61.7 Å². The van der Waals surface area contributed by atoms with Gasteiger partial charge in [0, 0.05) is 28.2 Å². The number of benzene rings is 2. The molecule has 3 N–H and O–H groups in total. The zero-order valence-electron chi connectivity index (χ0n) is 13.6. The maximum absolute atomic E-state index is 12.4. The Bertz CT molecular complexity index is 1310. The van der Waals surface area contributed by atoms with Crippen LogP contribution < -0.4 is 10.6 Å². The van der Waals surface area contributed by atoms with Crippen molar-refractivity contribution >= 4 is 38.2 Å². The highest BCUT2D eigenvalue weighted by Crippen LogP contribution is 2.20. The lowest BCUT2D eigenvalue weighted by Gasteiger charge is -2.02. The fourth-order valence-electron chi connectivity index (χ4n) is 2.77. The van der Waals surface area contributed by atoms with Gasteiger partial charge in [-0.1, -0.05) is 18.2 Å². The molecule has 0 saturated carbocycles. The van der Waals surface area contributed by atoms with Gasteiger partial charge in [-0.3, -0.25) is 4.98 Å². The molecule has 0 unspecified atom stereocenters.